The molecule has 0 spiro atoms. The van der Waals surface area contributed by atoms with Gasteiger partial charge in [0, 0.05) is 12.3 Å². The number of para-hydroxylation sites is 1. The van der Waals surface area contributed by atoms with Crippen molar-refractivity contribution in [1.29, 1.82) is 0 Å². The number of benzene rings is 1. The Labute approximate surface area is 130 Å². The van der Waals surface area contributed by atoms with E-state index in [4.69, 9.17) is 0 Å². The van der Waals surface area contributed by atoms with Crippen LogP contribution in [0.1, 0.15) is 25.8 Å². The van der Waals surface area contributed by atoms with E-state index in [1.165, 1.54) is 6.08 Å². The van der Waals surface area contributed by atoms with Crippen LogP contribution < -0.4 is 4.31 Å². The van der Waals surface area contributed by atoms with Crippen LogP contribution in [0.4, 0.5) is 10.1 Å². The van der Waals surface area contributed by atoms with Crippen LogP contribution in [-0.2, 0) is 16.4 Å². The van der Waals surface area contributed by atoms with Gasteiger partial charge in [-0.1, -0.05) is 38.1 Å². The van der Waals surface area contributed by atoms with Gasteiger partial charge in [-0.2, -0.15) is 0 Å². The summed E-state index contributed by atoms with van der Waals surface area (Å²) in [5.74, 6) is -0.622. The number of fused-ring (bicyclic) bond motifs is 4. The molecule has 0 unspecified atom stereocenters. The normalized spacial score (nSPS) is 30.8. The van der Waals surface area contributed by atoms with Gasteiger partial charge >= 0.3 is 0 Å². The van der Waals surface area contributed by atoms with Gasteiger partial charge in [0.15, 0.2) is 0 Å². The molecule has 0 aromatic heterocycles. The summed E-state index contributed by atoms with van der Waals surface area (Å²) in [6.07, 6.45) is 3.81. The van der Waals surface area contributed by atoms with Gasteiger partial charge in [0.1, 0.15) is 5.83 Å². The van der Waals surface area contributed by atoms with Crippen LogP contribution in [0.25, 0.3) is 0 Å². The van der Waals surface area contributed by atoms with Crippen molar-refractivity contribution in [3.05, 3.63) is 52.7 Å². The summed E-state index contributed by atoms with van der Waals surface area (Å²) in [5.41, 5.74) is 1.47. The van der Waals surface area contributed by atoms with Crippen LogP contribution in [0.5, 0.6) is 0 Å². The van der Waals surface area contributed by atoms with Crippen molar-refractivity contribution in [3.63, 3.8) is 0 Å². The first-order valence-corrected chi connectivity index (χ1v) is 8.96. The molecule has 0 N–H and O–H groups in total. The summed E-state index contributed by atoms with van der Waals surface area (Å²) in [5, 5.41) is 0. The summed E-state index contributed by atoms with van der Waals surface area (Å²) in [7, 11) is -3.59. The monoisotopic (exact) mass is 319 g/mol. The Balaban J connectivity index is 1.96. The molecule has 0 amide bonds. The van der Waals surface area contributed by atoms with E-state index in [0.29, 0.717) is 11.3 Å². The highest BCUT2D eigenvalue weighted by Gasteiger charge is 2.56. The molecule has 5 heteroatoms. The molecule has 22 heavy (non-hydrogen) atoms. The number of allylic oxidation sites excluding steroid dienone is 4. The summed E-state index contributed by atoms with van der Waals surface area (Å²) in [6.45, 7) is 4.08. The maximum atomic E-state index is 13.8. The molecule has 2 heterocycles. The molecule has 3 nitrogen and oxygen atoms in total. The molecule has 1 fully saturated rings. The van der Waals surface area contributed by atoms with Gasteiger partial charge < -0.3 is 0 Å². The number of nitrogens with zero attached hydrogens (tertiary/aromatic N) is 1. The van der Waals surface area contributed by atoms with Crippen LogP contribution >= 0.6 is 0 Å². The predicted octanol–water partition coefficient (Wildman–Crippen LogP) is 3.54. The average Bonchev–Trinajstić information content (AvgIpc) is 2.87. The molecule has 1 aromatic rings. The fourth-order valence-corrected chi connectivity index (χ4v) is 6.38. The lowest BCUT2D eigenvalue weighted by molar-refractivity contribution is 0.226. The topological polar surface area (TPSA) is 37.4 Å². The molecule has 1 aliphatic carbocycles. The summed E-state index contributed by atoms with van der Waals surface area (Å²) < 4.78 is 41.5. The second kappa shape index (κ2) is 4.22. The second-order valence-corrected chi connectivity index (χ2v) is 8.69. The Morgan fingerprint density at radius 1 is 1.27 bits per heavy atom. The smallest absolute Gasteiger partial charge is 0.261 e. The second-order valence-electron chi connectivity index (χ2n) is 6.87. The van der Waals surface area contributed by atoms with Crippen molar-refractivity contribution in [3.8, 4) is 0 Å². The fraction of sp³-hybridized carbons (Fsp3) is 0.412. The minimum Gasteiger partial charge on any atom is -0.262 e. The first-order valence-electron chi connectivity index (χ1n) is 7.52. The van der Waals surface area contributed by atoms with Gasteiger partial charge in [0.2, 0.25) is 0 Å². The molecule has 4 rings (SSSR count). The van der Waals surface area contributed by atoms with Gasteiger partial charge in [-0.3, -0.25) is 4.31 Å². The van der Waals surface area contributed by atoms with E-state index in [0.717, 1.165) is 11.3 Å². The van der Waals surface area contributed by atoms with E-state index in [1.54, 1.807) is 10.4 Å². The van der Waals surface area contributed by atoms with E-state index >= 15 is 0 Å². The minimum absolute atomic E-state index is 0.0707. The molecule has 0 bridgehead atoms. The van der Waals surface area contributed by atoms with Crippen LogP contribution in [0.3, 0.4) is 0 Å². The zero-order valence-corrected chi connectivity index (χ0v) is 13.4. The van der Waals surface area contributed by atoms with Gasteiger partial charge in [-0.25, -0.2) is 12.8 Å². The first kappa shape index (κ1) is 14.0. The maximum Gasteiger partial charge on any atom is 0.261 e. The molecule has 3 aliphatic rings. The van der Waals surface area contributed by atoms with Crippen LogP contribution in [0.15, 0.2) is 47.1 Å². The van der Waals surface area contributed by atoms with Crippen LogP contribution in [0.2, 0.25) is 0 Å². The Bertz CT molecular complexity index is 823. The average molecular weight is 319 g/mol. The number of anilines is 1. The van der Waals surface area contributed by atoms with Crippen LogP contribution in [-0.4, -0.2) is 14.5 Å². The molecule has 1 aromatic carbocycles. The lowest BCUT2D eigenvalue weighted by atomic mass is 9.70. The Morgan fingerprint density at radius 3 is 2.77 bits per heavy atom. The van der Waals surface area contributed by atoms with E-state index < -0.39 is 10.0 Å². The van der Waals surface area contributed by atoms with E-state index in [-0.39, 0.29) is 29.6 Å². The molecule has 116 valence electrons. The van der Waals surface area contributed by atoms with Crippen molar-refractivity contribution in [2.24, 2.45) is 11.3 Å². The number of hydrogen-bond acceptors (Lipinski definition) is 2. The first-order chi connectivity index (χ1) is 10.3. The zero-order chi connectivity index (χ0) is 15.7. The lowest BCUT2D eigenvalue weighted by Crippen LogP contribution is -2.56. The molecule has 0 saturated carbocycles. The minimum atomic E-state index is -3.59. The highest BCUT2D eigenvalue weighted by molar-refractivity contribution is 7.96. The molecule has 2 atom stereocenters. The van der Waals surface area contributed by atoms with Gasteiger partial charge in [0.25, 0.3) is 10.0 Å². The third-order valence-electron chi connectivity index (χ3n) is 5.29. The SMILES string of the molecule is CC1(C)[C@@H]2C=C(F)CC=C2S(=O)(=O)N2c3ccccc3C[C@@H]21. The maximum absolute atomic E-state index is 13.8. The summed E-state index contributed by atoms with van der Waals surface area (Å²) in [4.78, 5) is 0.354. The van der Waals surface area contributed by atoms with Crippen molar-refractivity contribution >= 4 is 15.7 Å². The fourth-order valence-electron chi connectivity index (χ4n) is 4.04. The molecule has 2 aliphatic heterocycles. The van der Waals surface area contributed by atoms with Crippen molar-refractivity contribution < 1.29 is 12.8 Å². The lowest BCUT2D eigenvalue weighted by Gasteiger charge is -2.49. The highest BCUT2D eigenvalue weighted by Crippen LogP contribution is 2.54. The molecular formula is C17H18FNO2S. The van der Waals surface area contributed by atoms with Gasteiger partial charge in [-0.15, -0.1) is 0 Å². The Morgan fingerprint density at radius 2 is 2.00 bits per heavy atom. The van der Waals surface area contributed by atoms with Gasteiger partial charge in [0.05, 0.1) is 16.6 Å². The third kappa shape index (κ3) is 1.63. The number of rotatable bonds is 0. The summed E-state index contributed by atoms with van der Waals surface area (Å²) >= 11 is 0. The quantitative estimate of drug-likeness (QED) is 0.733. The van der Waals surface area contributed by atoms with Crippen molar-refractivity contribution in [2.45, 2.75) is 32.7 Å². The summed E-state index contributed by atoms with van der Waals surface area (Å²) in [6, 6.07) is 7.48. The van der Waals surface area contributed by atoms with Gasteiger partial charge in [-0.05, 0) is 29.5 Å². The third-order valence-corrected chi connectivity index (χ3v) is 7.28. The number of sulfonamides is 1. The Kier molecular flexibility index (Phi) is 2.69. The van der Waals surface area contributed by atoms with Crippen molar-refractivity contribution in [1.82, 2.24) is 0 Å². The zero-order valence-electron chi connectivity index (χ0n) is 12.6. The van der Waals surface area contributed by atoms with E-state index in [1.807, 2.05) is 38.1 Å². The Hall–Kier alpha value is -1.62. The predicted molar refractivity (Wildman–Crippen MR) is 84.5 cm³/mol. The molecule has 1 saturated heterocycles. The largest absolute Gasteiger partial charge is 0.262 e. The standard InChI is InChI=1S/C17H18FNO2S/c1-17(2)13-10-12(18)7-8-15(13)22(20,21)19-14-6-4-3-5-11(14)9-16(17)19/h3-6,8,10,13,16H,7,9H2,1-2H3/t13-,16-/m1/s1. The van der Waals surface area contributed by atoms with E-state index in [2.05, 4.69) is 0 Å². The van der Waals surface area contributed by atoms with E-state index in [9.17, 15) is 12.8 Å². The number of hydrogen-bond donors (Lipinski definition) is 0. The number of halogens is 1. The molecular weight excluding hydrogens is 301 g/mol. The van der Waals surface area contributed by atoms with Crippen LogP contribution in [0, 0.1) is 11.3 Å². The molecule has 0 radical (unpaired) electrons. The van der Waals surface area contributed by atoms with Crippen molar-refractivity contribution in [2.75, 3.05) is 4.31 Å². The highest BCUT2D eigenvalue weighted by atomic mass is 32.2.